The first kappa shape index (κ1) is 13.9. The topological polar surface area (TPSA) is 49.7 Å². The van der Waals surface area contributed by atoms with Gasteiger partial charge in [0.2, 0.25) is 0 Å². The van der Waals surface area contributed by atoms with Gasteiger partial charge in [-0.1, -0.05) is 33.1 Å². The van der Waals surface area contributed by atoms with E-state index >= 15 is 0 Å². The van der Waals surface area contributed by atoms with E-state index in [9.17, 15) is 5.11 Å². The zero-order valence-electron chi connectivity index (χ0n) is 9.62. The Bertz CT molecular complexity index is 134. The fourth-order valence-electron chi connectivity index (χ4n) is 1.24. The van der Waals surface area contributed by atoms with Gasteiger partial charge in [0.1, 0.15) is 0 Å². The number of hydrogen-bond acceptors (Lipinski definition) is 3. The lowest BCUT2D eigenvalue weighted by atomic mass is 10.0. The molecule has 0 radical (unpaired) electrons. The third-order valence-electron chi connectivity index (χ3n) is 2.47. The molecule has 0 aliphatic rings. The minimum atomic E-state index is -1.38. The summed E-state index contributed by atoms with van der Waals surface area (Å²) in [5, 5.41) is 18.2. The number of unbranched alkanes of at least 4 members (excludes halogenated alkanes) is 1. The van der Waals surface area contributed by atoms with Crippen molar-refractivity contribution in [1.29, 1.82) is 0 Å². The van der Waals surface area contributed by atoms with Crippen LogP contribution >= 0.6 is 0 Å². The Morgan fingerprint density at radius 3 is 2.43 bits per heavy atom. The van der Waals surface area contributed by atoms with Crippen molar-refractivity contribution >= 4 is 0 Å². The largest absolute Gasteiger partial charge is 0.391 e. The van der Waals surface area contributed by atoms with E-state index in [-0.39, 0.29) is 6.61 Å². The summed E-state index contributed by atoms with van der Waals surface area (Å²) in [4.78, 5) is 0. The molecule has 0 rings (SSSR count). The highest BCUT2D eigenvalue weighted by molar-refractivity contribution is 4.61. The number of ether oxygens (including phenoxy) is 1. The van der Waals surface area contributed by atoms with Crippen LogP contribution in [0.4, 0.5) is 0 Å². The van der Waals surface area contributed by atoms with E-state index in [1.54, 1.807) is 0 Å². The summed E-state index contributed by atoms with van der Waals surface area (Å²) in [5.74, 6) is -0.882. The monoisotopic (exact) mass is 204 g/mol. The molecule has 0 amide bonds. The van der Waals surface area contributed by atoms with Gasteiger partial charge in [-0.15, -0.1) is 0 Å². The van der Waals surface area contributed by atoms with Crippen LogP contribution in [0.2, 0.25) is 0 Å². The van der Waals surface area contributed by atoms with Gasteiger partial charge in [-0.3, -0.25) is 0 Å². The zero-order chi connectivity index (χ0) is 11.0. The second-order valence-corrected chi connectivity index (χ2v) is 4.06. The van der Waals surface area contributed by atoms with Crippen LogP contribution in [0.1, 0.15) is 46.5 Å². The molecule has 0 aliphatic heterocycles. The number of aliphatic hydroxyl groups is 2. The summed E-state index contributed by atoms with van der Waals surface area (Å²) in [6.07, 6.45) is 4.58. The number of rotatable bonds is 8. The fraction of sp³-hybridized carbons (Fsp3) is 1.00. The molecule has 0 aromatic carbocycles. The molecule has 3 heteroatoms. The molecule has 0 bridgehead atoms. The predicted octanol–water partition coefficient (Wildman–Crippen LogP) is 1.92. The maximum absolute atomic E-state index is 9.42. The van der Waals surface area contributed by atoms with E-state index in [0.717, 1.165) is 12.8 Å². The highest BCUT2D eigenvalue weighted by atomic mass is 16.6. The van der Waals surface area contributed by atoms with Crippen LogP contribution in [0.3, 0.4) is 0 Å². The van der Waals surface area contributed by atoms with Crippen molar-refractivity contribution < 1.29 is 14.9 Å². The van der Waals surface area contributed by atoms with E-state index in [1.165, 1.54) is 19.8 Å². The van der Waals surface area contributed by atoms with Gasteiger partial charge < -0.3 is 14.9 Å². The summed E-state index contributed by atoms with van der Waals surface area (Å²) in [6, 6.07) is 0. The van der Waals surface area contributed by atoms with Crippen LogP contribution in [-0.2, 0) is 4.74 Å². The molecular formula is C11H24O3. The van der Waals surface area contributed by atoms with Crippen molar-refractivity contribution in [3.05, 3.63) is 0 Å². The van der Waals surface area contributed by atoms with Gasteiger partial charge in [0.05, 0.1) is 13.2 Å². The molecule has 14 heavy (non-hydrogen) atoms. The van der Waals surface area contributed by atoms with E-state index in [2.05, 4.69) is 13.8 Å². The van der Waals surface area contributed by atoms with Gasteiger partial charge >= 0.3 is 0 Å². The van der Waals surface area contributed by atoms with Gasteiger partial charge in [0, 0.05) is 0 Å². The Morgan fingerprint density at radius 1 is 1.36 bits per heavy atom. The van der Waals surface area contributed by atoms with Crippen molar-refractivity contribution in [2.24, 2.45) is 5.92 Å². The lowest BCUT2D eigenvalue weighted by molar-refractivity contribution is -0.217. The van der Waals surface area contributed by atoms with Crippen LogP contribution in [0, 0.1) is 5.92 Å². The van der Waals surface area contributed by atoms with Crippen molar-refractivity contribution in [2.45, 2.75) is 52.2 Å². The van der Waals surface area contributed by atoms with Gasteiger partial charge in [0.25, 0.3) is 0 Å². The second kappa shape index (κ2) is 7.21. The average molecular weight is 204 g/mol. The summed E-state index contributed by atoms with van der Waals surface area (Å²) in [5.41, 5.74) is 0. The van der Waals surface area contributed by atoms with Crippen molar-refractivity contribution in [3.63, 3.8) is 0 Å². The molecule has 0 aromatic rings. The lowest BCUT2D eigenvalue weighted by Crippen LogP contribution is -2.34. The van der Waals surface area contributed by atoms with Gasteiger partial charge in [-0.2, -0.15) is 0 Å². The Hall–Kier alpha value is -0.120. The fourth-order valence-corrected chi connectivity index (χ4v) is 1.24. The van der Waals surface area contributed by atoms with Gasteiger partial charge in [-0.25, -0.2) is 0 Å². The number of hydrogen-bond donors (Lipinski definition) is 2. The Labute approximate surface area is 87.1 Å². The lowest BCUT2D eigenvalue weighted by Gasteiger charge is -2.24. The van der Waals surface area contributed by atoms with Crippen LogP contribution < -0.4 is 0 Å². The van der Waals surface area contributed by atoms with E-state index in [4.69, 9.17) is 9.84 Å². The minimum Gasteiger partial charge on any atom is -0.391 e. The van der Waals surface area contributed by atoms with Crippen LogP contribution in [0.5, 0.6) is 0 Å². The summed E-state index contributed by atoms with van der Waals surface area (Å²) in [6.45, 7) is 5.95. The Balaban J connectivity index is 3.71. The average Bonchev–Trinajstić information content (AvgIpc) is 2.18. The molecule has 0 heterocycles. The summed E-state index contributed by atoms with van der Waals surface area (Å²) in [7, 11) is 0. The van der Waals surface area contributed by atoms with Gasteiger partial charge in [-0.05, 0) is 19.3 Å². The quantitative estimate of drug-likeness (QED) is 0.594. The molecule has 2 unspecified atom stereocenters. The molecule has 2 N–H and O–H groups in total. The first-order valence-electron chi connectivity index (χ1n) is 5.53. The molecule has 0 spiro atoms. The maximum Gasteiger partial charge on any atom is 0.186 e. The first-order chi connectivity index (χ1) is 6.55. The van der Waals surface area contributed by atoms with Crippen molar-refractivity contribution in [1.82, 2.24) is 0 Å². The third kappa shape index (κ3) is 6.35. The van der Waals surface area contributed by atoms with Crippen molar-refractivity contribution in [3.8, 4) is 0 Å². The molecular weight excluding hydrogens is 180 g/mol. The molecule has 0 saturated heterocycles. The predicted molar refractivity (Wildman–Crippen MR) is 57.0 cm³/mol. The molecule has 2 atom stereocenters. The standard InChI is InChI=1S/C11H24O3/c1-4-6-7-10(5-2)8-14-11(3,13)9-12/h10,12-13H,4-9H2,1-3H3. The second-order valence-electron chi connectivity index (χ2n) is 4.06. The van der Waals surface area contributed by atoms with E-state index in [0.29, 0.717) is 12.5 Å². The molecule has 0 saturated carbocycles. The molecule has 0 fully saturated rings. The Morgan fingerprint density at radius 2 is 2.00 bits per heavy atom. The minimum absolute atomic E-state index is 0.350. The zero-order valence-corrected chi connectivity index (χ0v) is 9.62. The Kier molecular flexibility index (Phi) is 7.15. The van der Waals surface area contributed by atoms with E-state index in [1.807, 2.05) is 0 Å². The first-order valence-corrected chi connectivity index (χ1v) is 5.53. The van der Waals surface area contributed by atoms with Crippen LogP contribution in [0.25, 0.3) is 0 Å². The highest BCUT2D eigenvalue weighted by Crippen LogP contribution is 2.15. The third-order valence-corrected chi connectivity index (χ3v) is 2.47. The summed E-state index contributed by atoms with van der Waals surface area (Å²) < 4.78 is 5.23. The van der Waals surface area contributed by atoms with E-state index < -0.39 is 5.79 Å². The van der Waals surface area contributed by atoms with Crippen molar-refractivity contribution in [2.75, 3.05) is 13.2 Å². The molecule has 0 aliphatic carbocycles. The van der Waals surface area contributed by atoms with Crippen LogP contribution in [-0.4, -0.2) is 29.2 Å². The number of aliphatic hydroxyl groups excluding tert-OH is 1. The highest BCUT2D eigenvalue weighted by Gasteiger charge is 2.20. The maximum atomic E-state index is 9.42. The van der Waals surface area contributed by atoms with Crippen LogP contribution in [0.15, 0.2) is 0 Å². The molecule has 0 aromatic heterocycles. The summed E-state index contributed by atoms with van der Waals surface area (Å²) >= 11 is 0. The normalized spacial score (nSPS) is 17.8. The SMILES string of the molecule is CCCCC(CC)COC(C)(O)CO. The molecule has 86 valence electrons. The smallest absolute Gasteiger partial charge is 0.186 e. The molecule has 3 nitrogen and oxygen atoms in total. The van der Waals surface area contributed by atoms with Gasteiger partial charge in [0.15, 0.2) is 5.79 Å².